The molecular weight excluding hydrogens is 312 g/mol. The molecule has 132 valence electrons. The van der Waals surface area contributed by atoms with Crippen LogP contribution in [0.1, 0.15) is 49.5 Å². The Morgan fingerprint density at radius 2 is 1.92 bits per heavy atom. The summed E-state index contributed by atoms with van der Waals surface area (Å²) in [6.45, 7) is 2.77. The van der Waals surface area contributed by atoms with Gasteiger partial charge in [-0.2, -0.15) is 0 Å². The Kier molecular flexibility index (Phi) is 4.81. The Bertz CT molecular complexity index is 699. The number of aromatic nitrogens is 3. The minimum absolute atomic E-state index is 0.190. The van der Waals surface area contributed by atoms with Gasteiger partial charge in [-0.15, -0.1) is 0 Å². The lowest BCUT2D eigenvalue weighted by Crippen LogP contribution is -2.39. The van der Waals surface area contributed by atoms with Crippen LogP contribution in [0.4, 0.5) is 0 Å². The molecule has 1 saturated heterocycles. The van der Waals surface area contributed by atoms with E-state index in [9.17, 15) is 4.79 Å². The van der Waals surface area contributed by atoms with E-state index in [1.165, 1.54) is 25.1 Å². The highest BCUT2D eigenvalue weighted by molar-refractivity contribution is 5.78. The van der Waals surface area contributed by atoms with Crippen LogP contribution in [-0.4, -0.2) is 38.4 Å². The summed E-state index contributed by atoms with van der Waals surface area (Å²) in [5.41, 5.74) is 0.852. The monoisotopic (exact) mass is 338 g/mol. The number of pyridine rings is 1. The van der Waals surface area contributed by atoms with E-state index < -0.39 is 0 Å². The number of carbonyl (C=O) groups excluding carboxylic acids is 1. The zero-order chi connectivity index (χ0) is 17.1. The van der Waals surface area contributed by atoms with Crippen LogP contribution in [0.2, 0.25) is 0 Å². The predicted octanol–water partition coefficient (Wildman–Crippen LogP) is 3.03. The van der Waals surface area contributed by atoms with Gasteiger partial charge in [-0.3, -0.25) is 9.78 Å². The van der Waals surface area contributed by atoms with Gasteiger partial charge in [-0.1, -0.05) is 12.5 Å². The van der Waals surface area contributed by atoms with Gasteiger partial charge in [0.2, 0.25) is 5.91 Å². The molecule has 0 radical (unpaired) electrons. The zero-order valence-corrected chi connectivity index (χ0v) is 14.7. The first-order chi connectivity index (χ1) is 12.3. The Morgan fingerprint density at radius 1 is 1.08 bits per heavy atom. The fraction of sp³-hybridized carbons (Fsp3) is 0.550. The molecule has 1 aliphatic heterocycles. The van der Waals surface area contributed by atoms with E-state index in [-0.39, 0.29) is 5.91 Å². The topological polar surface area (TPSA) is 51.0 Å². The molecule has 1 aliphatic carbocycles. The fourth-order valence-corrected chi connectivity index (χ4v) is 3.95. The van der Waals surface area contributed by atoms with Crippen molar-refractivity contribution in [2.45, 2.75) is 51.0 Å². The smallest absolute Gasteiger partial charge is 0.228 e. The van der Waals surface area contributed by atoms with Gasteiger partial charge in [0.15, 0.2) is 0 Å². The molecule has 4 rings (SSSR count). The average Bonchev–Trinajstić information content (AvgIpc) is 3.07. The maximum Gasteiger partial charge on any atom is 0.228 e. The average molecular weight is 338 g/mol. The summed E-state index contributed by atoms with van der Waals surface area (Å²) in [6.07, 6.45) is 12.3. The largest absolute Gasteiger partial charge is 0.342 e. The van der Waals surface area contributed by atoms with Crippen molar-refractivity contribution in [2.75, 3.05) is 13.1 Å². The first-order valence-corrected chi connectivity index (χ1v) is 9.48. The lowest BCUT2D eigenvalue weighted by Gasteiger charge is -2.33. The SMILES string of the molecule is O=C(Cc1ccccn1)N1CCC(c2nccn2CC2CCC2)CC1. The van der Waals surface area contributed by atoms with Crippen LogP contribution in [-0.2, 0) is 17.8 Å². The standard InChI is InChI=1S/C20H26N4O/c25-19(14-18-6-1-2-9-21-18)23-11-7-17(8-12-23)20-22-10-13-24(20)15-16-4-3-5-16/h1-2,6,9-10,13,16-17H,3-5,7-8,11-12,14-15H2. The van der Waals surface area contributed by atoms with Crippen LogP contribution < -0.4 is 0 Å². The number of carbonyl (C=O) groups is 1. The van der Waals surface area contributed by atoms with Crippen LogP contribution in [0.15, 0.2) is 36.8 Å². The molecule has 2 aromatic heterocycles. The number of likely N-dealkylation sites (tertiary alicyclic amines) is 1. The van der Waals surface area contributed by atoms with Gasteiger partial charge >= 0.3 is 0 Å². The van der Waals surface area contributed by atoms with Crippen molar-refractivity contribution >= 4 is 5.91 Å². The summed E-state index contributed by atoms with van der Waals surface area (Å²) in [5.74, 6) is 2.74. The lowest BCUT2D eigenvalue weighted by molar-refractivity contribution is -0.131. The Morgan fingerprint density at radius 3 is 2.60 bits per heavy atom. The molecule has 1 saturated carbocycles. The maximum absolute atomic E-state index is 12.5. The first kappa shape index (κ1) is 16.3. The normalized spacial score (nSPS) is 19.0. The van der Waals surface area contributed by atoms with Gasteiger partial charge < -0.3 is 9.47 Å². The van der Waals surface area contributed by atoms with Crippen LogP contribution in [0.25, 0.3) is 0 Å². The summed E-state index contributed by atoms with van der Waals surface area (Å²) in [7, 11) is 0. The van der Waals surface area contributed by atoms with E-state index in [4.69, 9.17) is 0 Å². The van der Waals surface area contributed by atoms with E-state index in [2.05, 4.69) is 20.7 Å². The minimum Gasteiger partial charge on any atom is -0.342 e. The predicted molar refractivity (Wildman–Crippen MR) is 96.1 cm³/mol. The number of nitrogens with zero attached hydrogens (tertiary/aromatic N) is 4. The van der Waals surface area contributed by atoms with Gasteiger partial charge in [-0.05, 0) is 43.7 Å². The zero-order valence-electron chi connectivity index (χ0n) is 14.7. The summed E-state index contributed by atoms with van der Waals surface area (Å²) in [5, 5.41) is 0. The third-order valence-electron chi connectivity index (χ3n) is 5.70. The molecular formula is C20H26N4O. The maximum atomic E-state index is 12.5. The highest BCUT2D eigenvalue weighted by Gasteiger charge is 2.27. The molecule has 5 nitrogen and oxygen atoms in total. The van der Waals surface area contributed by atoms with Gasteiger partial charge in [0.05, 0.1) is 6.42 Å². The van der Waals surface area contributed by atoms with Gasteiger partial charge in [0.25, 0.3) is 0 Å². The van der Waals surface area contributed by atoms with Crippen molar-refractivity contribution < 1.29 is 4.79 Å². The second kappa shape index (κ2) is 7.38. The van der Waals surface area contributed by atoms with Crippen LogP contribution >= 0.6 is 0 Å². The quantitative estimate of drug-likeness (QED) is 0.842. The Hall–Kier alpha value is -2.17. The third kappa shape index (κ3) is 3.75. The number of hydrogen-bond acceptors (Lipinski definition) is 3. The van der Waals surface area contributed by atoms with Gasteiger partial charge in [0.1, 0.15) is 5.82 Å². The van der Waals surface area contributed by atoms with E-state index in [1.54, 1.807) is 6.20 Å². The molecule has 5 heteroatoms. The number of amides is 1. The second-order valence-corrected chi connectivity index (χ2v) is 7.39. The van der Waals surface area contributed by atoms with Gasteiger partial charge in [0, 0.05) is 49.8 Å². The molecule has 0 aromatic carbocycles. The van der Waals surface area contributed by atoms with E-state index in [0.29, 0.717) is 12.3 Å². The number of imidazole rings is 1. The Labute approximate surface area is 149 Å². The molecule has 1 amide bonds. The van der Waals surface area contributed by atoms with E-state index in [0.717, 1.165) is 44.1 Å². The summed E-state index contributed by atoms with van der Waals surface area (Å²) < 4.78 is 2.36. The number of piperidine rings is 1. The van der Waals surface area contributed by atoms with Crippen LogP contribution in [0.3, 0.4) is 0 Å². The highest BCUT2D eigenvalue weighted by atomic mass is 16.2. The van der Waals surface area contributed by atoms with Crippen LogP contribution in [0, 0.1) is 5.92 Å². The van der Waals surface area contributed by atoms with Crippen molar-refractivity contribution in [1.82, 2.24) is 19.4 Å². The number of rotatable bonds is 5. The molecule has 0 unspecified atom stereocenters. The van der Waals surface area contributed by atoms with Crippen molar-refractivity contribution in [3.8, 4) is 0 Å². The fourth-order valence-electron chi connectivity index (χ4n) is 3.95. The van der Waals surface area contributed by atoms with E-state index in [1.807, 2.05) is 29.3 Å². The summed E-state index contributed by atoms with van der Waals surface area (Å²) in [6, 6.07) is 5.73. The minimum atomic E-state index is 0.190. The molecule has 0 atom stereocenters. The molecule has 0 bridgehead atoms. The summed E-state index contributed by atoms with van der Waals surface area (Å²) >= 11 is 0. The lowest BCUT2D eigenvalue weighted by atomic mass is 9.85. The van der Waals surface area contributed by atoms with Crippen molar-refractivity contribution in [1.29, 1.82) is 0 Å². The van der Waals surface area contributed by atoms with Gasteiger partial charge in [-0.25, -0.2) is 4.98 Å². The van der Waals surface area contributed by atoms with Crippen molar-refractivity contribution in [3.05, 3.63) is 48.3 Å². The third-order valence-corrected chi connectivity index (χ3v) is 5.70. The molecule has 2 fully saturated rings. The molecule has 25 heavy (non-hydrogen) atoms. The molecule has 2 aliphatic rings. The molecule has 0 N–H and O–H groups in total. The van der Waals surface area contributed by atoms with E-state index >= 15 is 0 Å². The second-order valence-electron chi connectivity index (χ2n) is 7.39. The highest BCUT2D eigenvalue weighted by Crippen LogP contribution is 2.31. The molecule has 2 aromatic rings. The Balaban J connectivity index is 1.32. The molecule has 3 heterocycles. The first-order valence-electron chi connectivity index (χ1n) is 9.48. The molecule has 0 spiro atoms. The summed E-state index contributed by atoms with van der Waals surface area (Å²) in [4.78, 5) is 23.4. The van der Waals surface area contributed by atoms with Crippen molar-refractivity contribution in [2.24, 2.45) is 5.92 Å². The van der Waals surface area contributed by atoms with Crippen molar-refractivity contribution in [3.63, 3.8) is 0 Å². The van der Waals surface area contributed by atoms with Crippen LogP contribution in [0.5, 0.6) is 0 Å². The number of hydrogen-bond donors (Lipinski definition) is 0.